The molecule has 13 heavy (non-hydrogen) atoms. The summed E-state index contributed by atoms with van der Waals surface area (Å²) < 4.78 is 0. The van der Waals surface area contributed by atoms with E-state index in [0.717, 1.165) is 24.9 Å². The van der Waals surface area contributed by atoms with E-state index in [1.54, 1.807) is 0 Å². The second-order valence-electron chi connectivity index (χ2n) is 2.61. The molecule has 0 aromatic heterocycles. The van der Waals surface area contributed by atoms with Crippen LogP contribution in [0.25, 0.3) is 0 Å². The quantitative estimate of drug-likeness (QED) is 0.641. The zero-order chi connectivity index (χ0) is 8.69. The summed E-state index contributed by atoms with van der Waals surface area (Å²) >= 11 is -0.472. The maximum atomic E-state index is 5.44. The fourth-order valence-electron chi connectivity index (χ4n) is 1.26. The van der Waals surface area contributed by atoms with E-state index in [-0.39, 0.29) is 11.0 Å². The van der Waals surface area contributed by atoms with Crippen LogP contribution in [0.15, 0.2) is 0 Å². The summed E-state index contributed by atoms with van der Waals surface area (Å²) in [6.07, 6.45) is 2.61. The van der Waals surface area contributed by atoms with E-state index in [0.29, 0.717) is 0 Å². The van der Waals surface area contributed by atoms with Gasteiger partial charge >= 0.3 is 35.3 Å². The summed E-state index contributed by atoms with van der Waals surface area (Å²) in [5.74, 6) is 1.50. The van der Waals surface area contributed by atoms with Gasteiger partial charge in [-0.1, -0.05) is 0 Å². The number of halogens is 2. The van der Waals surface area contributed by atoms with Crippen molar-refractivity contribution < 1.29 is 27.4 Å². The minimum absolute atomic E-state index is 0. The van der Waals surface area contributed by atoms with Crippen LogP contribution in [0.3, 0.4) is 0 Å². The van der Waals surface area contributed by atoms with Gasteiger partial charge in [0.2, 0.25) is 0 Å². The molecule has 0 heterocycles. The van der Waals surface area contributed by atoms with Crippen LogP contribution in [0.4, 0.5) is 0 Å². The van der Waals surface area contributed by atoms with Crippen LogP contribution in [-0.2, 0) is 16.5 Å². The summed E-state index contributed by atoms with van der Waals surface area (Å²) in [4.78, 5) is 0. The van der Waals surface area contributed by atoms with Gasteiger partial charge in [-0.3, -0.25) is 0 Å². The standard InChI is InChI=1S/C6H14N2.2ClH.2H2O.Pt/c7-3-5-1-2-6(5)4-8;;;;;/h5-6H,1-4,7-8H2;2*1H;2*1H2;/q;;;;;+2/p-2. The maximum absolute atomic E-state index is 5.44. The Bertz CT molecular complexity index is 88.7. The Labute approximate surface area is 95.3 Å². The predicted molar refractivity (Wildman–Crippen MR) is 53.3 cm³/mol. The van der Waals surface area contributed by atoms with Crippen molar-refractivity contribution in [2.24, 2.45) is 23.3 Å². The van der Waals surface area contributed by atoms with Gasteiger partial charge in [-0.05, 0) is 37.8 Å². The van der Waals surface area contributed by atoms with E-state index >= 15 is 0 Å². The number of nitrogens with two attached hydrogens (primary N) is 2. The molecule has 1 saturated carbocycles. The fourth-order valence-corrected chi connectivity index (χ4v) is 1.26. The van der Waals surface area contributed by atoms with Crippen LogP contribution in [-0.4, -0.2) is 24.0 Å². The third-order valence-corrected chi connectivity index (χ3v) is 2.18. The molecule has 7 heteroatoms. The van der Waals surface area contributed by atoms with Crippen molar-refractivity contribution in [3.05, 3.63) is 0 Å². The minimum atomic E-state index is -0.472. The van der Waals surface area contributed by atoms with E-state index in [1.807, 2.05) is 0 Å². The van der Waals surface area contributed by atoms with Crippen molar-refractivity contribution in [1.29, 1.82) is 0 Å². The summed E-state index contributed by atoms with van der Waals surface area (Å²) in [5.41, 5.74) is 10.9. The first kappa shape index (κ1) is 19.6. The SMILES string of the molecule is NCC1CCC1CN.O.O.[Cl][Pt][Cl]. The molecule has 2 unspecified atom stereocenters. The number of hydrogen-bond donors (Lipinski definition) is 2. The number of rotatable bonds is 2. The molecule has 1 rings (SSSR count). The molecule has 4 nitrogen and oxygen atoms in total. The molecule has 1 fully saturated rings. The van der Waals surface area contributed by atoms with E-state index in [9.17, 15) is 0 Å². The molecule has 1 aliphatic rings. The van der Waals surface area contributed by atoms with E-state index < -0.39 is 16.5 Å². The Balaban J connectivity index is -0.000000180. The normalized spacial score (nSPS) is 24.3. The van der Waals surface area contributed by atoms with Gasteiger partial charge in [-0.2, -0.15) is 0 Å². The van der Waals surface area contributed by atoms with Crippen molar-refractivity contribution in [2.75, 3.05) is 13.1 Å². The zero-order valence-corrected chi connectivity index (χ0v) is 11.0. The second kappa shape index (κ2) is 13.1. The molecule has 0 radical (unpaired) electrons. The van der Waals surface area contributed by atoms with Crippen LogP contribution < -0.4 is 11.5 Å². The van der Waals surface area contributed by atoms with E-state index in [4.69, 9.17) is 30.3 Å². The third kappa shape index (κ3) is 8.13. The molecular formula is C6H18Cl2N2O2Pt. The monoisotopic (exact) mass is 415 g/mol. The Kier molecular flexibility index (Phi) is 19.8. The van der Waals surface area contributed by atoms with Gasteiger partial charge in [-0.15, -0.1) is 0 Å². The van der Waals surface area contributed by atoms with E-state index in [2.05, 4.69) is 0 Å². The summed E-state index contributed by atoms with van der Waals surface area (Å²) in [7, 11) is 9.75. The Hall–Kier alpha value is 1.11. The number of hydrogen-bond acceptors (Lipinski definition) is 2. The second-order valence-corrected chi connectivity index (χ2v) is 5.90. The van der Waals surface area contributed by atoms with Gasteiger partial charge in [-0.25, -0.2) is 0 Å². The zero-order valence-electron chi connectivity index (χ0n) is 7.21. The van der Waals surface area contributed by atoms with Gasteiger partial charge in [0, 0.05) is 0 Å². The molecule has 0 bridgehead atoms. The molecule has 2 atom stereocenters. The van der Waals surface area contributed by atoms with Crippen molar-refractivity contribution in [3.8, 4) is 0 Å². The van der Waals surface area contributed by atoms with Crippen LogP contribution in [0.5, 0.6) is 0 Å². The van der Waals surface area contributed by atoms with Crippen LogP contribution >= 0.6 is 18.8 Å². The summed E-state index contributed by atoms with van der Waals surface area (Å²) in [6.45, 7) is 1.67. The summed E-state index contributed by atoms with van der Waals surface area (Å²) in [5, 5.41) is 0. The molecule has 8 N–H and O–H groups in total. The van der Waals surface area contributed by atoms with Crippen molar-refractivity contribution in [3.63, 3.8) is 0 Å². The molecule has 1 aliphatic carbocycles. The molecule has 0 spiro atoms. The van der Waals surface area contributed by atoms with Gasteiger partial charge in [0.1, 0.15) is 0 Å². The molecule has 0 aromatic carbocycles. The van der Waals surface area contributed by atoms with Gasteiger partial charge in [0.25, 0.3) is 0 Å². The molecule has 88 valence electrons. The van der Waals surface area contributed by atoms with Crippen molar-refractivity contribution in [2.45, 2.75) is 12.8 Å². The molecule has 0 aromatic rings. The van der Waals surface area contributed by atoms with Gasteiger partial charge in [0.05, 0.1) is 0 Å². The molecule has 0 saturated heterocycles. The van der Waals surface area contributed by atoms with E-state index in [1.165, 1.54) is 12.8 Å². The van der Waals surface area contributed by atoms with Crippen molar-refractivity contribution in [1.82, 2.24) is 0 Å². The fraction of sp³-hybridized carbons (Fsp3) is 1.00. The van der Waals surface area contributed by atoms with Crippen LogP contribution in [0.1, 0.15) is 12.8 Å². The van der Waals surface area contributed by atoms with Gasteiger partial charge < -0.3 is 22.4 Å². The van der Waals surface area contributed by atoms with Crippen LogP contribution in [0.2, 0.25) is 0 Å². The molecule has 0 amide bonds. The first-order valence-corrected chi connectivity index (χ1v) is 9.15. The first-order valence-electron chi connectivity index (χ1n) is 3.52. The topological polar surface area (TPSA) is 115 Å². The predicted octanol–water partition coefficient (Wildman–Crippen LogP) is -0.343. The average molecular weight is 416 g/mol. The first-order chi connectivity index (χ1) is 5.29. The molecular weight excluding hydrogens is 398 g/mol. The molecule has 0 aliphatic heterocycles. The Morgan fingerprint density at radius 2 is 1.23 bits per heavy atom. The third-order valence-electron chi connectivity index (χ3n) is 2.18. The van der Waals surface area contributed by atoms with Crippen LogP contribution in [0, 0.1) is 11.8 Å². The Morgan fingerprint density at radius 1 is 1.00 bits per heavy atom. The van der Waals surface area contributed by atoms with Crippen molar-refractivity contribution >= 4 is 18.8 Å². The average Bonchev–Trinajstić information content (AvgIpc) is 1.89. The summed E-state index contributed by atoms with van der Waals surface area (Å²) in [6, 6.07) is 0. The Morgan fingerprint density at radius 3 is 1.31 bits per heavy atom. The van der Waals surface area contributed by atoms with Gasteiger partial charge in [0.15, 0.2) is 0 Å².